The highest BCUT2D eigenvalue weighted by atomic mass is 16.3. The Morgan fingerprint density at radius 3 is 1.86 bits per heavy atom. The number of aromatic nitrogens is 4. The molecule has 0 bridgehead atoms. The summed E-state index contributed by atoms with van der Waals surface area (Å²) in [5.74, 6) is 1.85. The first-order valence-corrected chi connectivity index (χ1v) is 20.1. The maximum absolute atomic E-state index is 6.72. The van der Waals surface area contributed by atoms with Crippen molar-refractivity contribution in [2.24, 2.45) is 0 Å². The average Bonchev–Trinajstić information content (AvgIpc) is 3.84. The van der Waals surface area contributed by atoms with E-state index in [1.165, 1.54) is 44.1 Å². The third-order valence-electron chi connectivity index (χ3n) is 12.0. The molecule has 0 fully saturated rings. The summed E-state index contributed by atoms with van der Waals surface area (Å²) >= 11 is 0. The third-order valence-corrected chi connectivity index (χ3v) is 12.0. The van der Waals surface area contributed by atoms with Gasteiger partial charge in [0.25, 0.3) is 0 Å². The van der Waals surface area contributed by atoms with E-state index >= 15 is 0 Å². The highest BCUT2D eigenvalue weighted by molar-refractivity contribution is 6.11. The van der Waals surface area contributed by atoms with Crippen molar-refractivity contribution in [3.05, 3.63) is 181 Å². The molecule has 274 valence electrons. The predicted molar refractivity (Wildman–Crippen MR) is 239 cm³/mol. The third kappa shape index (κ3) is 5.35. The zero-order valence-corrected chi connectivity index (χ0v) is 31.7. The van der Waals surface area contributed by atoms with E-state index in [0.29, 0.717) is 17.5 Å². The smallest absolute Gasteiger partial charge is 0.164 e. The van der Waals surface area contributed by atoms with Crippen LogP contribution in [0.4, 0.5) is 0 Å². The lowest BCUT2D eigenvalue weighted by Gasteiger charge is -2.14. The van der Waals surface area contributed by atoms with Crippen LogP contribution in [0.3, 0.4) is 0 Å². The van der Waals surface area contributed by atoms with Gasteiger partial charge < -0.3 is 8.98 Å². The van der Waals surface area contributed by atoms with E-state index in [-0.39, 0.29) is 0 Å². The molecule has 7 aromatic carbocycles. The molecule has 0 amide bonds. The lowest BCUT2D eigenvalue weighted by Crippen LogP contribution is -2.03. The molecular weight excluding hydrogens is 709 g/mol. The number of nitrogens with zero attached hydrogens (tertiary/aromatic N) is 4. The fourth-order valence-corrected chi connectivity index (χ4v) is 9.09. The minimum Gasteiger partial charge on any atom is -0.456 e. The number of fused-ring (bicyclic) bond motifs is 8. The van der Waals surface area contributed by atoms with Crippen LogP contribution >= 0.6 is 0 Å². The Labute approximate surface area is 335 Å². The molecule has 0 aliphatic heterocycles. The first-order valence-electron chi connectivity index (χ1n) is 20.1. The monoisotopic (exact) mass is 744 g/mol. The number of allylic oxidation sites excluding steroid dienone is 5. The number of hydrogen-bond acceptors (Lipinski definition) is 4. The second-order valence-electron chi connectivity index (χ2n) is 15.4. The molecule has 0 atom stereocenters. The van der Waals surface area contributed by atoms with Gasteiger partial charge in [-0.3, -0.25) is 0 Å². The van der Waals surface area contributed by atoms with Gasteiger partial charge in [0.15, 0.2) is 17.5 Å². The van der Waals surface area contributed by atoms with E-state index < -0.39 is 0 Å². The van der Waals surface area contributed by atoms with E-state index in [1.54, 1.807) is 0 Å². The van der Waals surface area contributed by atoms with Crippen molar-refractivity contribution in [3.8, 4) is 39.9 Å². The largest absolute Gasteiger partial charge is 0.456 e. The van der Waals surface area contributed by atoms with Crippen LogP contribution in [0.5, 0.6) is 0 Å². The SMILES string of the molecule is C1=CCCC(c2ccc3c(c2)c2c(n3-c3cccc4oc5cc(-c6nc(-c7ccc8ccccc8c7)nc(-c7ccc8ccccc8c7)n6)ccc5c34)CCC=C2)=C1. The maximum atomic E-state index is 6.72. The standard InChI is InChI=1S/C53H36N4O/c1-2-11-33(12-3-1)38-26-28-46-44(31-38)42-17-8-9-18-45(42)57(46)47-19-10-20-48-50(47)43-27-25-41(32-49(43)58-48)53-55-51(39-23-21-34-13-4-6-15-36(34)29-39)54-52(56-53)40-24-22-35-14-5-7-16-37(35)30-40/h1-2,4-8,10-11,13-17,19-32H,3,9,12,18H2. The zero-order chi connectivity index (χ0) is 38.2. The Balaban J connectivity index is 1.02. The minimum absolute atomic E-state index is 0.598. The van der Waals surface area contributed by atoms with Crippen molar-refractivity contribution >= 4 is 66.0 Å². The van der Waals surface area contributed by atoms with Gasteiger partial charge in [0.2, 0.25) is 0 Å². The van der Waals surface area contributed by atoms with Gasteiger partial charge in [0.05, 0.1) is 16.6 Å². The Bertz CT molecular complexity index is 3320. The quantitative estimate of drug-likeness (QED) is 0.176. The fraction of sp³-hybridized carbons (Fsp3) is 0.0755. The molecule has 0 unspecified atom stereocenters. The molecule has 2 aliphatic carbocycles. The van der Waals surface area contributed by atoms with Crippen LogP contribution in [-0.4, -0.2) is 19.5 Å². The Morgan fingerprint density at radius 1 is 0.500 bits per heavy atom. The van der Waals surface area contributed by atoms with Gasteiger partial charge in [-0.05, 0) is 107 Å². The van der Waals surface area contributed by atoms with Gasteiger partial charge in [-0.25, -0.2) is 15.0 Å². The van der Waals surface area contributed by atoms with Gasteiger partial charge in [0.1, 0.15) is 11.2 Å². The van der Waals surface area contributed by atoms with Gasteiger partial charge in [-0.15, -0.1) is 0 Å². The first-order chi connectivity index (χ1) is 28.7. The lowest BCUT2D eigenvalue weighted by molar-refractivity contribution is 0.669. The summed E-state index contributed by atoms with van der Waals surface area (Å²) in [6.45, 7) is 0. The number of rotatable bonds is 5. The first kappa shape index (κ1) is 32.8. The summed E-state index contributed by atoms with van der Waals surface area (Å²) in [4.78, 5) is 15.3. The van der Waals surface area contributed by atoms with Crippen molar-refractivity contribution in [2.45, 2.75) is 25.7 Å². The van der Waals surface area contributed by atoms with E-state index in [0.717, 1.165) is 80.8 Å². The van der Waals surface area contributed by atoms with Crippen molar-refractivity contribution in [1.82, 2.24) is 19.5 Å². The predicted octanol–water partition coefficient (Wildman–Crippen LogP) is 13.7. The minimum atomic E-state index is 0.598. The van der Waals surface area contributed by atoms with E-state index in [9.17, 15) is 0 Å². The molecule has 3 heterocycles. The fourth-order valence-electron chi connectivity index (χ4n) is 9.09. The van der Waals surface area contributed by atoms with Crippen LogP contribution in [0.2, 0.25) is 0 Å². The van der Waals surface area contributed by atoms with Crippen molar-refractivity contribution in [2.75, 3.05) is 0 Å². The molecule has 5 heteroatoms. The van der Waals surface area contributed by atoms with Gasteiger partial charge >= 0.3 is 0 Å². The van der Waals surface area contributed by atoms with E-state index in [4.69, 9.17) is 19.4 Å². The highest BCUT2D eigenvalue weighted by Crippen LogP contribution is 2.41. The second-order valence-corrected chi connectivity index (χ2v) is 15.4. The summed E-state index contributed by atoms with van der Waals surface area (Å²) in [6, 6.07) is 49.4. The van der Waals surface area contributed by atoms with Gasteiger partial charge in [-0.2, -0.15) is 0 Å². The van der Waals surface area contributed by atoms with Gasteiger partial charge in [0, 0.05) is 38.7 Å². The Hall–Kier alpha value is -7.37. The van der Waals surface area contributed by atoms with Gasteiger partial charge in [-0.1, -0.05) is 121 Å². The number of benzene rings is 7. The molecule has 0 spiro atoms. The van der Waals surface area contributed by atoms with Crippen LogP contribution in [0, 0.1) is 0 Å². The molecule has 58 heavy (non-hydrogen) atoms. The topological polar surface area (TPSA) is 56.7 Å². The molecule has 0 saturated carbocycles. The van der Waals surface area contributed by atoms with E-state index in [2.05, 4.69) is 174 Å². The average molecular weight is 745 g/mol. The van der Waals surface area contributed by atoms with Crippen LogP contribution in [0.1, 0.15) is 36.1 Å². The normalized spacial score (nSPS) is 13.9. The molecule has 3 aromatic heterocycles. The molecule has 2 aliphatic rings. The molecule has 10 aromatic rings. The molecule has 5 nitrogen and oxygen atoms in total. The number of furan rings is 1. The second kappa shape index (κ2) is 13.1. The van der Waals surface area contributed by atoms with Crippen molar-refractivity contribution in [3.63, 3.8) is 0 Å². The molecule has 0 N–H and O–H groups in total. The summed E-state index contributed by atoms with van der Waals surface area (Å²) < 4.78 is 9.20. The molecule has 0 radical (unpaired) electrons. The zero-order valence-electron chi connectivity index (χ0n) is 31.7. The van der Waals surface area contributed by atoms with Crippen LogP contribution in [0.25, 0.3) is 106 Å². The lowest BCUT2D eigenvalue weighted by atomic mass is 9.95. The molecule has 12 rings (SSSR count). The molecular formula is C53H36N4O. The highest BCUT2D eigenvalue weighted by Gasteiger charge is 2.23. The van der Waals surface area contributed by atoms with E-state index in [1.807, 2.05) is 0 Å². The van der Waals surface area contributed by atoms with Crippen molar-refractivity contribution < 1.29 is 4.42 Å². The Morgan fingerprint density at radius 2 is 1.16 bits per heavy atom. The van der Waals surface area contributed by atoms with Crippen molar-refractivity contribution in [1.29, 1.82) is 0 Å². The summed E-state index contributed by atoms with van der Waals surface area (Å²) in [6.07, 6.45) is 15.5. The summed E-state index contributed by atoms with van der Waals surface area (Å²) in [7, 11) is 0. The van der Waals surface area contributed by atoms with Crippen LogP contribution < -0.4 is 0 Å². The summed E-state index contributed by atoms with van der Waals surface area (Å²) in [5.41, 5.74) is 12.1. The maximum Gasteiger partial charge on any atom is 0.164 e. The number of hydrogen-bond donors (Lipinski definition) is 0. The van der Waals surface area contributed by atoms with Crippen LogP contribution in [0.15, 0.2) is 168 Å². The Kier molecular flexibility index (Phi) is 7.42. The van der Waals surface area contributed by atoms with Crippen LogP contribution in [-0.2, 0) is 6.42 Å². The molecule has 0 saturated heterocycles. The summed E-state index contributed by atoms with van der Waals surface area (Å²) in [5, 5.41) is 8.09.